The van der Waals surface area contributed by atoms with Gasteiger partial charge in [0.15, 0.2) is 17.3 Å². The summed E-state index contributed by atoms with van der Waals surface area (Å²) in [5.41, 5.74) is -0.338. The molecule has 100 valence electrons. The molecule has 0 atom stereocenters. The zero-order chi connectivity index (χ0) is 14.0. The third-order valence-electron chi connectivity index (χ3n) is 3.19. The van der Waals surface area contributed by atoms with Crippen LogP contribution in [0.2, 0.25) is 0 Å². The Hall–Kier alpha value is -1.97. The van der Waals surface area contributed by atoms with Crippen LogP contribution < -0.4 is 0 Å². The van der Waals surface area contributed by atoms with E-state index in [0.29, 0.717) is 5.76 Å². The molecular formula is C15H16O4. The minimum atomic E-state index is -1.13. The second-order valence-electron chi connectivity index (χ2n) is 5.63. The highest BCUT2D eigenvalue weighted by molar-refractivity contribution is 6.24. The Morgan fingerprint density at radius 2 is 1.95 bits per heavy atom. The fraction of sp³-hybridized carbons (Fsp3) is 0.400. The largest absolute Gasteiger partial charge is 0.465 e. The number of Topliss-reactive ketones (excluding diaryl/α,β-unsaturated/α-hetero) is 2. The molecule has 0 aliphatic heterocycles. The monoisotopic (exact) mass is 260 g/mol. The van der Waals surface area contributed by atoms with Crippen molar-refractivity contribution in [2.75, 3.05) is 0 Å². The third-order valence-corrected chi connectivity index (χ3v) is 3.19. The summed E-state index contributed by atoms with van der Waals surface area (Å²) in [5.74, 6) is -1.63. The average Bonchev–Trinajstić information content (AvgIpc) is 2.76. The molecular weight excluding hydrogens is 244 g/mol. The molecule has 0 spiro atoms. The second-order valence-corrected chi connectivity index (χ2v) is 5.63. The number of carbonyl (C=O) groups is 3. The highest BCUT2D eigenvalue weighted by atomic mass is 16.3. The molecule has 1 aromatic heterocycles. The van der Waals surface area contributed by atoms with Gasteiger partial charge in [0.05, 0.1) is 6.26 Å². The van der Waals surface area contributed by atoms with Crippen molar-refractivity contribution in [2.45, 2.75) is 26.7 Å². The molecule has 0 bridgehead atoms. The van der Waals surface area contributed by atoms with E-state index in [0.717, 1.165) is 0 Å². The van der Waals surface area contributed by atoms with Crippen LogP contribution in [-0.4, -0.2) is 17.3 Å². The number of rotatable bonds is 3. The Bertz CT molecular complexity index is 515. The zero-order valence-corrected chi connectivity index (χ0v) is 11.0. The lowest BCUT2D eigenvalue weighted by molar-refractivity contribution is -0.143. The van der Waals surface area contributed by atoms with Crippen molar-refractivity contribution in [1.82, 2.24) is 0 Å². The lowest BCUT2D eigenvalue weighted by atomic mass is 9.70. The van der Waals surface area contributed by atoms with E-state index in [9.17, 15) is 14.4 Å². The van der Waals surface area contributed by atoms with Gasteiger partial charge in [0.25, 0.3) is 0 Å². The van der Waals surface area contributed by atoms with Crippen LogP contribution in [0.3, 0.4) is 0 Å². The molecule has 19 heavy (non-hydrogen) atoms. The van der Waals surface area contributed by atoms with Gasteiger partial charge in [0.2, 0.25) is 0 Å². The molecule has 0 aromatic carbocycles. The normalized spacial score (nSPS) is 20.1. The van der Waals surface area contributed by atoms with Gasteiger partial charge in [-0.3, -0.25) is 14.4 Å². The quantitative estimate of drug-likeness (QED) is 0.618. The van der Waals surface area contributed by atoms with Gasteiger partial charge in [-0.15, -0.1) is 0 Å². The van der Waals surface area contributed by atoms with E-state index in [1.165, 1.54) is 18.4 Å². The van der Waals surface area contributed by atoms with Crippen molar-refractivity contribution < 1.29 is 18.8 Å². The second kappa shape index (κ2) is 4.96. The maximum absolute atomic E-state index is 12.0. The number of ketones is 3. The summed E-state index contributed by atoms with van der Waals surface area (Å²) >= 11 is 0. The minimum Gasteiger partial charge on any atom is -0.465 e. The molecule has 1 fully saturated rings. The Morgan fingerprint density at radius 3 is 2.47 bits per heavy atom. The van der Waals surface area contributed by atoms with Crippen LogP contribution in [0.5, 0.6) is 0 Å². The van der Waals surface area contributed by atoms with Crippen LogP contribution in [0.15, 0.2) is 28.9 Å². The smallest absolute Gasteiger partial charge is 0.173 e. The van der Waals surface area contributed by atoms with Gasteiger partial charge in [-0.1, -0.05) is 13.8 Å². The molecule has 0 saturated heterocycles. The third kappa shape index (κ3) is 3.08. The van der Waals surface area contributed by atoms with Gasteiger partial charge in [-0.05, 0) is 29.7 Å². The molecule has 0 radical (unpaired) electrons. The van der Waals surface area contributed by atoms with E-state index in [1.807, 2.05) is 13.8 Å². The number of carbonyl (C=O) groups excluding carboxylic acids is 3. The maximum atomic E-state index is 12.0. The number of hydrogen-bond donors (Lipinski definition) is 0. The summed E-state index contributed by atoms with van der Waals surface area (Å²) in [7, 11) is 0. The van der Waals surface area contributed by atoms with Crippen molar-refractivity contribution in [2.24, 2.45) is 11.3 Å². The van der Waals surface area contributed by atoms with Crippen LogP contribution >= 0.6 is 0 Å². The molecule has 1 saturated carbocycles. The first-order chi connectivity index (χ1) is 8.89. The summed E-state index contributed by atoms with van der Waals surface area (Å²) in [6.07, 6.45) is 4.75. The van der Waals surface area contributed by atoms with Crippen molar-refractivity contribution in [3.63, 3.8) is 0 Å². The van der Waals surface area contributed by atoms with Gasteiger partial charge < -0.3 is 4.42 Å². The lowest BCUT2D eigenvalue weighted by Crippen LogP contribution is -2.41. The van der Waals surface area contributed by atoms with Crippen LogP contribution in [0.25, 0.3) is 6.08 Å². The first-order valence-electron chi connectivity index (χ1n) is 6.20. The van der Waals surface area contributed by atoms with Gasteiger partial charge in [0, 0.05) is 12.8 Å². The first kappa shape index (κ1) is 13.5. The predicted molar refractivity (Wildman–Crippen MR) is 69.3 cm³/mol. The lowest BCUT2D eigenvalue weighted by Gasteiger charge is -2.30. The van der Waals surface area contributed by atoms with E-state index >= 15 is 0 Å². The number of allylic oxidation sites excluding steroid dienone is 1. The van der Waals surface area contributed by atoms with Crippen LogP contribution in [0.4, 0.5) is 0 Å². The van der Waals surface area contributed by atoms with Gasteiger partial charge in [0.1, 0.15) is 11.7 Å². The van der Waals surface area contributed by atoms with E-state index in [-0.39, 0.29) is 29.8 Å². The zero-order valence-electron chi connectivity index (χ0n) is 11.0. The molecule has 1 aliphatic carbocycles. The number of hydrogen-bond acceptors (Lipinski definition) is 4. The summed E-state index contributed by atoms with van der Waals surface area (Å²) < 4.78 is 5.05. The average molecular weight is 260 g/mol. The fourth-order valence-electron chi connectivity index (χ4n) is 2.35. The van der Waals surface area contributed by atoms with E-state index in [2.05, 4.69) is 0 Å². The highest BCUT2D eigenvalue weighted by Crippen LogP contribution is 2.34. The Morgan fingerprint density at radius 1 is 1.32 bits per heavy atom. The Balaban J connectivity index is 2.11. The van der Waals surface area contributed by atoms with E-state index < -0.39 is 11.7 Å². The van der Waals surface area contributed by atoms with Crippen molar-refractivity contribution in [1.29, 1.82) is 0 Å². The van der Waals surface area contributed by atoms with Crippen LogP contribution in [0.1, 0.15) is 32.4 Å². The summed E-state index contributed by atoms with van der Waals surface area (Å²) in [6, 6.07) is 3.39. The van der Waals surface area contributed by atoms with Crippen molar-refractivity contribution >= 4 is 23.4 Å². The highest BCUT2D eigenvalue weighted by Gasteiger charge is 2.42. The minimum absolute atomic E-state index is 0.268. The standard InChI is InChI=1S/C15H16O4/c1-15(2)8-12(17)14(13(18)9-15)11(16)6-5-10-4-3-7-19-10/h3-7,14H,8-9H2,1-2H3. The van der Waals surface area contributed by atoms with E-state index in [1.54, 1.807) is 12.1 Å². The molecule has 1 heterocycles. The molecule has 0 unspecified atom stereocenters. The Kier molecular flexibility index (Phi) is 3.51. The Labute approximate surface area is 111 Å². The summed E-state index contributed by atoms with van der Waals surface area (Å²) in [4.78, 5) is 35.8. The maximum Gasteiger partial charge on any atom is 0.173 e. The van der Waals surface area contributed by atoms with E-state index in [4.69, 9.17) is 4.42 Å². The van der Waals surface area contributed by atoms with Crippen LogP contribution in [0, 0.1) is 11.3 Å². The van der Waals surface area contributed by atoms with Gasteiger partial charge in [-0.2, -0.15) is 0 Å². The summed E-state index contributed by atoms with van der Waals surface area (Å²) in [5, 5.41) is 0. The topological polar surface area (TPSA) is 64.3 Å². The molecule has 0 amide bonds. The fourth-order valence-corrected chi connectivity index (χ4v) is 2.35. The van der Waals surface area contributed by atoms with Crippen molar-refractivity contribution in [3.05, 3.63) is 30.2 Å². The first-order valence-corrected chi connectivity index (χ1v) is 6.20. The number of furan rings is 1. The SMILES string of the molecule is CC1(C)CC(=O)C(C(=O)C=Cc2ccco2)C(=O)C1. The molecule has 0 N–H and O–H groups in total. The van der Waals surface area contributed by atoms with Crippen LogP contribution in [-0.2, 0) is 14.4 Å². The van der Waals surface area contributed by atoms with Gasteiger partial charge >= 0.3 is 0 Å². The molecule has 1 aromatic rings. The molecule has 4 nitrogen and oxygen atoms in total. The molecule has 4 heteroatoms. The van der Waals surface area contributed by atoms with Gasteiger partial charge in [-0.25, -0.2) is 0 Å². The molecule has 1 aliphatic rings. The molecule has 2 rings (SSSR count). The van der Waals surface area contributed by atoms with Crippen molar-refractivity contribution in [3.8, 4) is 0 Å². The summed E-state index contributed by atoms with van der Waals surface area (Å²) in [6.45, 7) is 3.73. The predicted octanol–water partition coefficient (Wildman–Crippen LogP) is 2.44.